The molecule has 0 aliphatic carbocycles. The number of carbonyl (C=O) groups is 1. The Kier molecular flexibility index (Phi) is 6.68. The van der Waals surface area contributed by atoms with Crippen LogP contribution in [0.15, 0.2) is 42.5 Å². The summed E-state index contributed by atoms with van der Waals surface area (Å²) in [7, 11) is 0. The van der Waals surface area contributed by atoms with E-state index >= 15 is 0 Å². The van der Waals surface area contributed by atoms with Crippen LogP contribution in [0.4, 0.5) is 29.3 Å². The van der Waals surface area contributed by atoms with Crippen LogP contribution in [-0.2, 0) is 6.18 Å². The molecule has 0 saturated carbocycles. The Morgan fingerprint density at radius 1 is 1.13 bits per heavy atom. The smallest absolute Gasteiger partial charge is 0.416 e. The second kappa shape index (κ2) is 9.41. The Bertz CT molecular complexity index is 954. The zero-order valence-electron chi connectivity index (χ0n) is 16.1. The van der Waals surface area contributed by atoms with E-state index in [-0.39, 0.29) is 38.0 Å². The summed E-state index contributed by atoms with van der Waals surface area (Å²) >= 11 is 0. The zero-order valence-corrected chi connectivity index (χ0v) is 16.1. The van der Waals surface area contributed by atoms with Gasteiger partial charge in [-0.15, -0.1) is 0 Å². The number of nitrogens with zero attached hydrogens (tertiary/aromatic N) is 1. The van der Waals surface area contributed by atoms with Crippen molar-refractivity contribution in [2.75, 3.05) is 31.6 Å². The molecule has 1 aliphatic rings. The number of anilines is 1. The van der Waals surface area contributed by atoms with E-state index in [0.29, 0.717) is 17.6 Å². The molecule has 9 nitrogen and oxygen atoms in total. The van der Waals surface area contributed by atoms with Crippen LogP contribution in [0.3, 0.4) is 0 Å². The molecule has 0 spiro atoms. The minimum absolute atomic E-state index is 0.0655. The van der Waals surface area contributed by atoms with Crippen LogP contribution >= 0.6 is 0 Å². The summed E-state index contributed by atoms with van der Waals surface area (Å²) in [6.07, 6.45) is -5.05. The highest BCUT2D eigenvalue weighted by atomic mass is 19.4. The lowest BCUT2D eigenvalue weighted by Gasteiger charge is -2.26. The Balaban J connectivity index is 1.42. The lowest BCUT2D eigenvalue weighted by Crippen LogP contribution is -2.45. The van der Waals surface area contributed by atoms with Crippen LogP contribution in [0.2, 0.25) is 0 Å². The fourth-order valence-electron chi connectivity index (χ4n) is 2.81. The van der Waals surface area contributed by atoms with Gasteiger partial charge in [-0.3, -0.25) is 10.1 Å². The van der Waals surface area contributed by atoms with E-state index in [1.807, 2.05) is 6.07 Å². The van der Waals surface area contributed by atoms with Crippen LogP contribution in [0.25, 0.3) is 0 Å². The summed E-state index contributed by atoms with van der Waals surface area (Å²) in [5.74, 6) is 1.22. The van der Waals surface area contributed by atoms with Crippen molar-refractivity contribution in [2.24, 2.45) is 0 Å². The molecule has 0 unspecified atom stereocenters. The van der Waals surface area contributed by atoms with Gasteiger partial charge in [0.25, 0.3) is 5.69 Å². The molecule has 1 atom stereocenters. The highest BCUT2D eigenvalue weighted by Gasteiger charge is 2.33. The summed E-state index contributed by atoms with van der Waals surface area (Å²) in [6.45, 7) is 0.610. The fourth-order valence-corrected chi connectivity index (χ4v) is 2.81. The number of halogens is 3. The van der Waals surface area contributed by atoms with Crippen molar-refractivity contribution in [1.29, 1.82) is 0 Å². The lowest BCUT2D eigenvalue weighted by molar-refractivity contribution is -0.384. The van der Waals surface area contributed by atoms with Crippen molar-refractivity contribution >= 4 is 17.4 Å². The first-order valence-electron chi connectivity index (χ1n) is 9.23. The molecule has 0 aromatic heterocycles. The number of urea groups is 1. The molecule has 0 saturated heterocycles. The van der Waals surface area contributed by atoms with Gasteiger partial charge in [-0.25, -0.2) is 4.79 Å². The molecule has 31 heavy (non-hydrogen) atoms. The van der Waals surface area contributed by atoms with Gasteiger partial charge in [-0.05, 0) is 24.3 Å². The maximum absolute atomic E-state index is 12.7. The number of rotatable bonds is 7. The number of nitro groups is 1. The van der Waals surface area contributed by atoms with Crippen molar-refractivity contribution in [3.05, 3.63) is 58.1 Å². The number of hydrogen-bond donors (Lipinski definition) is 3. The van der Waals surface area contributed by atoms with Gasteiger partial charge in [0.15, 0.2) is 17.6 Å². The first-order chi connectivity index (χ1) is 14.7. The minimum atomic E-state index is -4.68. The van der Waals surface area contributed by atoms with Gasteiger partial charge in [0.05, 0.1) is 17.0 Å². The summed E-state index contributed by atoms with van der Waals surface area (Å²) in [5.41, 5.74) is -1.89. The number of amides is 2. The Hall–Kier alpha value is -3.70. The van der Waals surface area contributed by atoms with E-state index in [2.05, 4.69) is 16.0 Å². The van der Waals surface area contributed by atoms with Crippen molar-refractivity contribution < 1.29 is 32.4 Å². The number of ether oxygens (including phenoxy) is 2. The Labute approximate surface area is 174 Å². The van der Waals surface area contributed by atoms with Crippen molar-refractivity contribution in [1.82, 2.24) is 10.6 Å². The highest BCUT2D eigenvalue weighted by molar-refractivity contribution is 5.74. The van der Waals surface area contributed by atoms with Gasteiger partial charge >= 0.3 is 12.2 Å². The van der Waals surface area contributed by atoms with Gasteiger partial charge in [0, 0.05) is 19.2 Å². The minimum Gasteiger partial charge on any atom is -0.486 e. The molecule has 2 aromatic carbocycles. The van der Waals surface area contributed by atoms with Gasteiger partial charge in [0.1, 0.15) is 12.3 Å². The van der Waals surface area contributed by atoms with E-state index < -0.39 is 28.4 Å². The standard InChI is InChI=1S/C19H19F3N4O5/c20-19(21,22)12-5-6-14(15(9-12)26(28)29)23-7-8-24-18(27)25-10-13-11-30-16-3-1-2-4-17(16)31-13/h1-6,9,13,23H,7-8,10-11H2,(H2,24,25,27)/t13-/m0/s1. The molecule has 0 radical (unpaired) electrons. The first kappa shape index (κ1) is 22.0. The molecule has 0 bridgehead atoms. The van der Waals surface area contributed by atoms with E-state index in [4.69, 9.17) is 9.47 Å². The molecule has 3 rings (SSSR count). The van der Waals surface area contributed by atoms with E-state index in [0.717, 1.165) is 12.1 Å². The topological polar surface area (TPSA) is 115 Å². The van der Waals surface area contributed by atoms with Crippen LogP contribution in [-0.4, -0.2) is 43.3 Å². The Morgan fingerprint density at radius 2 is 1.87 bits per heavy atom. The molecular formula is C19H19F3N4O5. The molecule has 2 aromatic rings. The maximum atomic E-state index is 12.7. The number of alkyl halides is 3. The van der Waals surface area contributed by atoms with E-state index in [1.165, 1.54) is 0 Å². The van der Waals surface area contributed by atoms with Crippen molar-refractivity contribution in [3.8, 4) is 11.5 Å². The zero-order chi connectivity index (χ0) is 22.4. The largest absolute Gasteiger partial charge is 0.486 e. The van der Waals surface area contributed by atoms with Crippen molar-refractivity contribution in [3.63, 3.8) is 0 Å². The van der Waals surface area contributed by atoms with Gasteiger partial charge in [-0.1, -0.05) is 12.1 Å². The van der Waals surface area contributed by atoms with Crippen LogP contribution in [0.5, 0.6) is 11.5 Å². The summed E-state index contributed by atoms with van der Waals surface area (Å²) in [6, 6.07) is 8.87. The predicted octanol–water partition coefficient (Wildman–Crippen LogP) is 3.16. The third kappa shape index (κ3) is 5.90. The average Bonchev–Trinajstić information content (AvgIpc) is 2.74. The first-order valence-corrected chi connectivity index (χ1v) is 9.23. The summed E-state index contributed by atoms with van der Waals surface area (Å²) in [4.78, 5) is 22.0. The van der Waals surface area contributed by atoms with E-state index in [1.54, 1.807) is 18.2 Å². The van der Waals surface area contributed by atoms with Crippen LogP contribution in [0, 0.1) is 10.1 Å². The average molecular weight is 440 g/mol. The summed E-state index contributed by atoms with van der Waals surface area (Å²) in [5, 5.41) is 18.9. The van der Waals surface area contributed by atoms with Gasteiger partial charge in [0.2, 0.25) is 0 Å². The Morgan fingerprint density at radius 3 is 2.58 bits per heavy atom. The van der Waals surface area contributed by atoms with Gasteiger partial charge < -0.3 is 25.4 Å². The van der Waals surface area contributed by atoms with Crippen LogP contribution < -0.4 is 25.4 Å². The second-order valence-electron chi connectivity index (χ2n) is 6.55. The third-order valence-corrected chi connectivity index (χ3v) is 4.31. The molecule has 0 fully saturated rings. The monoisotopic (exact) mass is 440 g/mol. The second-order valence-corrected chi connectivity index (χ2v) is 6.55. The van der Waals surface area contributed by atoms with Gasteiger partial charge in [-0.2, -0.15) is 13.2 Å². The molecule has 12 heteroatoms. The molecular weight excluding hydrogens is 421 g/mol. The molecule has 1 aliphatic heterocycles. The SMILES string of the molecule is O=C(NCCNc1ccc(C(F)(F)F)cc1[N+](=O)[O-])NC[C@H]1COc2ccccc2O1. The number of nitrogens with one attached hydrogen (secondary N) is 3. The quantitative estimate of drug-likeness (QED) is 0.346. The molecule has 3 N–H and O–H groups in total. The number of fused-ring (bicyclic) bond motifs is 1. The number of benzene rings is 2. The number of para-hydroxylation sites is 2. The molecule has 166 valence electrons. The number of carbonyl (C=O) groups excluding carboxylic acids is 1. The number of nitro benzene ring substituents is 1. The number of hydrogen-bond acceptors (Lipinski definition) is 6. The highest BCUT2D eigenvalue weighted by Crippen LogP contribution is 2.35. The van der Waals surface area contributed by atoms with Crippen LogP contribution in [0.1, 0.15) is 5.56 Å². The predicted molar refractivity (Wildman–Crippen MR) is 104 cm³/mol. The summed E-state index contributed by atoms with van der Waals surface area (Å²) < 4.78 is 49.4. The normalized spacial score (nSPS) is 15.1. The van der Waals surface area contributed by atoms with Crippen molar-refractivity contribution in [2.45, 2.75) is 12.3 Å². The lowest BCUT2D eigenvalue weighted by atomic mass is 10.1. The third-order valence-electron chi connectivity index (χ3n) is 4.31. The molecule has 1 heterocycles. The maximum Gasteiger partial charge on any atom is 0.416 e. The molecule has 2 amide bonds. The fraction of sp³-hybridized carbons (Fsp3) is 0.316. The van der Waals surface area contributed by atoms with E-state index in [9.17, 15) is 28.1 Å².